The molecule has 0 saturated carbocycles. The second kappa shape index (κ2) is 32.9. The molecule has 0 radical (unpaired) electrons. The molecule has 13 heteroatoms. The van der Waals surface area contributed by atoms with E-state index in [9.17, 15) is 0 Å². The van der Waals surface area contributed by atoms with E-state index >= 15 is 0 Å². The molecule has 0 unspecified atom stereocenters. The highest BCUT2D eigenvalue weighted by Crippen LogP contribution is 2.48. The maximum absolute atomic E-state index is 5.54. The largest absolute Gasteiger partial charge is 0.309 e. The molecule has 29 rings (SSSR count). The van der Waals surface area contributed by atoms with E-state index in [1.807, 2.05) is 22.7 Å². The van der Waals surface area contributed by atoms with Gasteiger partial charge < -0.3 is 9.13 Å². The first kappa shape index (κ1) is 84.0. The molecule has 0 saturated heterocycles. The van der Waals surface area contributed by atoms with Crippen molar-refractivity contribution < 1.29 is 0 Å². The van der Waals surface area contributed by atoms with Crippen LogP contribution in [0.1, 0.15) is 0 Å². The van der Waals surface area contributed by atoms with E-state index < -0.39 is 24.2 Å². The van der Waals surface area contributed by atoms with Crippen LogP contribution in [0.2, 0.25) is 39.3 Å². The maximum atomic E-state index is 5.54. The zero-order valence-corrected chi connectivity index (χ0v) is 83.1. The number of hydrogen-bond donors (Lipinski definition) is 0. The third-order valence-electron chi connectivity index (χ3n) is 29.8. The molecule has 0 fully saturated rings. The van der Waals surface area contributed by atoms with Gasteiger partial charge in [-0.05, 0) is 177 Å². The molecule has 141 heavy (non-hydrogen) atoms. The Balaban J connectivity index is 0.000000107. The molecule has 0 atom stereocenters. The molecule has 8 nitrogen and oxygen atoms in total. The molecule has 0 spiro atoms. The second-order valence-corrected chi connectivity index (χ2v) is 54.0. The van der Waals surface area contributed by atoms with Crippen molar-refractivity contribution >= 4 is 184 Å². The Hall–Kier alpha value is -16.4. The predicted molar refractivity (Wildman–Crippen MR) is 606 cm³/mol. The molecular weight excluding hydrogens is 1800 g/mol. The lowest BCUT2D eigenvalue weighted by atomic mass is 9.99. The molecule has 3 aliphatic rings. The highest BCUT2D eigenvalue weighted by molar-refractivity contribution is 7.27. The molecular formula is C128H90N8S2Si3. The minimum Gasteiger partial charge on any atom is -0.309 e. The Morgan fingerprint density at radius 1 is 0.199 bits per heavy atom. The number of aromatic nitrogens is 8. The molecule has 3 aliphatic heterocycles. The Bertz CT molecular complexity index is 9470. The summed E-state index contributed by atoms with van der Waals surface area (Å²) in [6.07, 6.45) is 0. The zero-order valence-electron chi connectivity index (χ0n) is 78.5. The predicted octanol–water partition coefficient (Wildman–Crippen LogP) is 30.4. The highest BCUT2D eigenvalue weighted by Gasteiger charge is 2.45. The fourth-order valence-electron chi connectivity index (χ4n) is 23.1. The Kier molecular flexibility index (Phi) is 19.6. The number of hydrogen-bond acceptors (Lipinski definition) is 8. The van der Waals surface area contributed by atoms with Gasteiger partial charge >= 0.3 is 0 Å². The van der Waals surface area contributed by atoms with E-state index in [0.29, 0.717) is 0 Å². The van der Waals surface area contributed by atoms with E-state index in [1.54, 1.807) is 0 Å². The lowest BCUT2D eigenvalue weighted by Crippen LogP contribution is -2.50. The summed E-state index contributed by atoms with van der Waals surface area (Å²) in [5, 5.41) is 23.5. The van der Waals surface area contributed by atoms with E-state index in [1.165, 1.54) is 170 Å². The molecule has 0 bridgehead atoms. The van der Waals surface area contributed by atoms with Gasteiger partial charge in [0.2, 0.25) is 0 Å². The van der Waals surface area contributed by atoms with Crippen molar-refractivity contribution in [3.63, 3.8) is 0 Å². The fraction of sp³-hybridized carbons (Fsp3) is 0.0469. The van der Waals surface area contributed by atoms with Crippen molar-refractivity contribution in [3.8, 4) is 135 Å². The van der Waals surface area contributed by atoms with Gasteiger partial charge in [-0.25, -0.2) is 29.9 Å². The molecule has 26 aromatic rings. The Morgan fingerprint density at radius 2 is 0.539 bits per heavy atom. The number of fused-ring (bicyclic) bond motifs is 24. The van der Waals surface area contributed by atoms with E-state index in [0.717, 1.165) is 102 Å². The standard InChI is InChI=1S/2C46H33N3Si.C36H24N2S2Si/c1-50(2)41-23-12-11-22-38(41)43-45(50)42(31-15-5-3-6-16-31)47-46(48-43)34-18-13-17-32(28-34)33-25-27-40-39(29-33)37-26-24-30-14-9-10-21-36(30)44(37)49(40)35-19-7-4-8-20-35;1-50(2)42-23-12-11-22-37(42)44-45(50)43(30-14-5-3-6-15-30)47-46(48-44)35-19-13-18-31(26-35)34-24-25-40-38(28-34)39-27-32-16-9-10-17-33(32)29-41(39)49(40)36-20-7-4-8-21-36;1-41(2)30-20-8-5-13-25(30)31-35(41)32(26-16-9-14-23-21-11-3-6-18-28(21)39-33(23)26)38-36(37-31)27-17-10-15-24-22-12-4-7-19-29(22)40-34(24)27/h2*3-29H,1-2H3;3-20H,1-2H3. The molecule has 10 heterocycles. The van der Waals surface area contributed by atoms with E-state index in [2.05, 4.69) is 485 Å². The second-order valence-electron chi connectivity index (χ2n) is 39.0. The lowest BCUT2D eigenvalue weighted by Gasteiger charge is -2.22. The summed E-state index contributed by atoms with van der Waals surface area (Å²) < 4.78 is 9.98. The topological polar surface area (TPSA) is 87.2 Å². The number of nitrogens with zero attached hydrogens (tertiary/aromatic N) is 8. The highest BCUT2D eigenvalue weighted by atomic mass is 32.1. The summed E-state index contributed by atoms with van der Waals surface area (Å²) in [7, 11) is -6.08. The minimum absolute atomic E-state index is 0.763. The fourth-order valence-corrected chi connectivity index (χ4v) is 35.2. The first-order valence-corrected chi connectivity index (χ1v) is 59.1. The van der Waals surface area contributed by atoms with Crippen LogP contribution >= 0.6 is 22.7 Å². The normalized spacial score (nSPS) is 13.3. The summed E-state index contributed by atoms with van der Waals surface area (Å²) in [6, 6.07) is 158. The lowest BCUT2D eigenvalue weighted by molar-refractivity contribution is 1.18. The van der Waals surface area contributed by atoms with Crippen LogP contribution in [0.25, 0.3) is 241 Å². The quantitative estimate of drug-likeness (QED) is 0.127. The van der Waals surface area contributed by atoms with Crippen molar-refractivity contribution in [2.45, 2.75) is 39.3 Å². The summed E-state index contributed by atoms with van der Waals surface area (Å²) >= 11 is 3.72. The third kappa shape index (κ3) is 13.5. The molecule has 0 amide bonds. The average Bonchev–Trinajstić information content (AvgIpc) is 1.55. The van der Waals surface area contributed by atoms with Crippen molar-refractivity contribution in [1.29, 1.82) is 0 Å². The van der Waals surface area contributed by atoms with Gasteiger partial charge in [0.15, 0.2) is 17.5 Å². The molecule has 0 N–H and O–H groups in total. The van der Waals surface area contributed by atoms with Gasteiger partial charge in [-0.3, -0.25) is 0 Å². The number of thiophene rings is 2. The van der Waals surface area contributed by atoms with Crippen LogP contribution in [-0.4, -0.2) is 63.3 Å². The Morgan fingerprint density at radius 3 is 1.06 bits per heavy atom. The summed E-state index contributed by atoms with van der Waals surface area (Å²) in [5.74, 6) is 2.34. The van der Waals surface area contributed by atoms with Gasteiger partial charge in [-0.15, -0.1) is 22.7 Å². The Labute approximate surface area is 827 Å². The zero-order chi connectivity index (χ0) is 94.1. The van der Waals surface area contributed by atoms with Gasteiger partial charge in [0.25, 0.3) is 0 Å². The van der Waals surface area contributed by atoms with Crippen LogP contribution in [0.5, 0.6) is 0 Å². The third-order valence-corrected chi connectivity index (χ3v) is 42.7. The van der Waals surface area contributed by atoms with Crippen molar-refractivity contribution in [1.82, 2.24) is 39.0 Å². The molecule has 0 aliphatic carbocycles. The van der Waals surface area contributed by atoms with Crippen LogP contribution in [0.15, 0.2) is 437 Å². The van der Waals surface area contributed by atoms with E-state index in [-0.39, 0.29) is 0 Å². The van der Waals surface area contributed by atoms with Gasteiger partial charge in [0, 0.05) is 112 Å². The van der Waals surface area contributed by atoms with Crippen LogP contribution < -0.4 is 31.1 Å². The van der Waals surface area contributed by atoms with Crippen LogP contribution in [0.3, 0.4) is 0 Å². The van der Waals surface area contributed by atoms with Crippen LogP contribution in [0.4, 0.5) is 0 Å². The van der Waals surface area contributed by atoms with Crippen LogP contribution in [0, 0.1) is 0 Å². The summed E-state index contributed by atoms with van der Waals surface area (Å²) in [6.45, 7) is 14.6. The van der Waals surface area contributed by atoms with Crippen LogP contribution in [-0.2, 0) is 0 Å². The van der Waals surface area contributed by atoms with Gasteiger partial charge in [0.05, 0.1) is 56.2 Å². The van der Waals surface area contributed by atoms with E-state index in [4.69, 9.17) is 29.9 Å². The van der Waals surface area contributed by atoms with Gasteiger partial charge in [0.1, 0.15) is 24.2 Å². The number of para-hydroxylation sites is 2. The van der Waals surface area contributed by atoms with Crippen molar-refractivity contribution in [2.24, 2.45) is 0 Å². The smallest absolute Gasteiger partial charge is 0.161 e. The van der Waals surface area contributed by atoms with Crippen molar-refractivity contribution in [3.05, 3.63) is 437 Å². The molecule has 666 valence electrons. The molecule has 19 aromatic carbocycles. The summed E-state index contributed by atoms with van der Waals surface area (Å²) in [5.41, 5.74) is 28.8. The monoisotopic (exact) mass is 1890 g/mol. The van der Waals surface area contributed by atoms with Gasteiger partial charge in [-0.1, -0.05) is 385 Å². The maximum Gasteiger partial charge on any atom is 0.161 e. The number of rotatable bonds is 10. The van der Waals surface area contributed by atoms with Gasteiger partial charge in [-0.2, -0.15) is 0 Å². The van der Waals surface area contributed by atoms with Crippen molar-refractivity contribution in [2.75, 3.05) is 0 Å². The average molecular weight is 1890 g/mol. The first-order chi connectivity index (χ1) is 69.2. The first-order valence-electron chi connectivity index (χ1n) is 48.4. The summed E-state index contributed by atoms with van der Waals surface area (Å²) in [4.78, 5) is 32.4. The SMILES string of the molecule is C[Si]1(C)c2ccccc2-c2nc(-c3cccc(-c4ccc5c(c4)c4cc6ccccc6cc4n5-c4ccccc4)c3)nc(-c3ccccc3)c21.C[Si]1(C)c2ccccc2-c2nc(-c3cccc(-c4ccc5c(c4)c4ccc6ccccc6c4n5-c4ccccc4)c3)nc(-c3ccccc3)c21.C[Si]1(C)c2ccccc2-c2nc(-c3cccc4c3sc3ccccc34)nc(-c3cccc4c3sc3ccccc34)c21. The molecule has 7 aromatic heterocycles. The minimum atomic E-state index is -2.06. The number of benzene rings is 19.